The van der Waals surface area contributed by atoms with Crippen LogP contribution in [0.25, 0.3) is 0 Å². The van der Waals surface area contributed by atoms with Crippen molar-refractivity contribution in [3.63, 3.8) is 0 Å². The first-order valence-electron chi connectivity index (χ1n) is 5.13. The average molecular weight is 237 g/mol. The highest BCUT2D eigenvalue weighted by Crippen LogP contribution is 2.22. The number of unbranched alkanes of at least 4 members (excludes halogenated alkanes) is 1. The van der Waals surface area contributed by atoms with Gasteiger partial charge in [-0.25, -0.2) is 0 Å². The Bertz CT molecular complexity index is 374. The monoisotopic (exact) mass is 237 g/mol. The molecule has 4 heteroatoms. The Morgan fingerprint density at radius 2 is 2.00 bits per heavy atom. The molecule has 1 aromatic rings. The van der Waals surface area contributed by atoms with Gasteiger partial charge in [-0.2, -0.15) is 17.9 Å². The van der Waals surface area contributed by atoms with Crippen LogP contribution in [0.5, 0.6) is 11.5 Å². The van der Waals surface area contributed by atoms with Gasteiger partial charge < -0.3 is 9.47 Å². The first-order valence-corrected chi connectivity index (χ1v) is 5.76. The molecule has 0 aromatic heterocycles. The van der Waals surface area contributed by atoms with Crippen molar-refractivity contribution in [2.24, 2.45) is 0 Å². The predicted molar refractivity (Wildman–Crippen MR) is 66.3 cm³/mol. The highest BCUT2D eigenvalue weighted by Gasteiger charge is 2.01. The number of benzene rings is 1. The molecule has 0 fully saturated rings. The van der Waals surface area contributed by atoms with E-state index >= 15 is 0 Å². The van der Waals surface area contributed by atoms with Crippen LogP contribution in [0.3, 0.4) is 0 Å². The van der Waals surface area contributed by atoms with Gasteiger partial charge in [0.1, 0.15) is 11.5 Å². The van der Waals surface area contributed by atoms with Crippen molar-refractivity contribution >= 4 is 12.6 Å². The smallest absolute Gasteiger partial charge is 0.124 e. The highest BCUT2D eigenvalue weighted by atomic mass is 32.1. The van der Waals surface area contributed by atoms with E-state index in [0.717, 1.165) is 18.6 Å². The van der Waals surface area contributed by atoms with Crippen molar-refractivity contribution in [2.75, 3.05) is 19.5 Å². The third-order valence-corrected chi connectivity index (χ3v) is 2.38. The van der Waals surface area contributed by atoms with Gasteiger partial charge in [-0.3, -0.25) is 0 Å². The van der Waals surface area contributed by atoms with Gasteiger partial charge in [-0.05, 0) is 30.7 Å². The summed E-state index contributed by atoms with van der Waals surface area (Å²) in [6.45, 7) is 0.637. The Morgan fingerprint density at radius 3 is 2.62 bits per heavy atom. The number of nitrogens with zero attached hydrogens (tertiary/aromatic N) is 1. The molecule has 0 aliphatic carbocycles. The molecule has 1 aromatic carbocycles. The summed E-state index contributed by atoms with van der Waals surface area (Å²) in [5, 5.41) is 8.82. The van der Waals surface area contributed by atoms with Crippen molar-refractivity contribution in [1.29, 1.82) is 5.26 Å². The summed E-state index contributed by atoms with van der Waals surface area (Å²) >= 11 is 4.13. The van der Waals surface area contributed by atoms with E-state index in [0.29, 0.717) is 23.7 Å². The Kier molecular flexibility index (Phi) is 5.58. The van der Waals surface area contributed by atoms with Gasteiger partial charge >= 0.3 is 0 Å². The van der Waals surface area contributed by atoms with Crippen LogP contribution in [-0.4, -0.2) is 19.5 Å². The lowest BCUT2D eigenvalue weighted by atomic mass is 10.2. The van der Waals surface area contributed by atoms with Crippen molar-refractivity contribution in [3.05, 3.63) is 23.8 Å². The second kappa shape index (κ2) is 7.02. The second-order valence-electron chi connectivity index (χ2n) is 3.29. The molecule has 0 atom stereocenters. The third kappa shape index (κ3) is 4.03. The summed E-state index contributed by atoms with van der Waals surface area (Å²) in [5.74, 6) is 2.18. The van der Waals surface area contributed by atoms with Crippen LogP contribution in [0.4, 0.5) is 0 Å². The standard InChI is InChI=1S/C12H15NO2S/c1-14-11-6-10(9-13)7-12(8-11)15-4-2-3-5-16/h6-8,16H,2-5H2,1H3. The van der Waals surface area contributed by atoms with Crippen molar-refractivity contribution in [3.8, 4) is 17.6 Å². The lowest BCUT2D eigenvalue weighted by Crippen LogP contribution is -1.98. The normalized spacial score (nSPS) is 9.56. The fraction of sp³-hybridized carbons (Fsp3) is 0.417. The molecule has 0 spiro atoms. The lowest BCUT2D eigenvalue weighted by molar-refractivity contribution is 0.307. The number of nitriles is 1. The van der Waals surface area contributed by atoms with E-state index < -0.39 is 0 Å². The van der Waals surface area contributed by atoms with Crippen LogP contribution in [0.1, 0.15) is 18.4 Å². The highest BCUT2D eigenvalue weighted by molar-refractivity contribution is 7.80. The summed E-state index contributed by atoms with van der Waals surface area (Å²) in [7, 11) is 1.57. The largest absolute Gasteiger partial charge is 0.497 e. The number of rotatable bonds is 6. The molecule has 0 aliphatic rings. The first kappa shape index (κ1) is 12.7. The number of thiol groups is 1. The molecule has 0 unspecified atom stereocenters. The molecule has 0 saturated carbocycles. The Morgan fingerprint density at radius 1 is 1.25 bits per heavy atom. The molecule has 0 N–H and O–H groups in total. The van der Waals surface area contributed by atoms with E-state index in [9.17, 15) is 0 Å². The molecule has 0 radical (unpaired) electrons. The molecule has 3 nitrogen and oxygen atoms in total. The van der Waals surface area contributed by atoms with Crippen molar-refractivity contribution in [1.82, 2.24) is 0 Å². The molecule has 0 bridgehead atoms. The molecule has 1 rings (SSSR count). The SMILES string of the molecule is COc1cc(C#N)cc(OCCCCS)c1. The maximum Gasteiger partial charge on any atom is 0.124 e. The fourth-order valence-electron chi connectivity index (χ4n) is 1.24. The number of hydrogen-bond acceptors (Lipinski definition) is 4. The minimum atomic E-state index is 0.545. The first-order chi connectivity index (χ1) is 7.80. The van der Waals surface area contributed by atoms with Crippen molar-refractivity contribution < 1.29 is 9.47 Å². The Hall–Kier alpha value is -1.34. The lowest BCUT2D eigenvalue weighted by Gasteiger charge is -2.08. The van der Waals surface area contributed by atoms with Crippen LogP contribution in [0, 0.1) is 11.3 Å². The van der Waals surface area contributed by atoms with Gasteiger partial charge in [-0.1, -0.05) is 0 Å². The minimum absolute atomic E-state index is 0.545. The zero-order chi connectivity index (χ0) is 11.8. The Balaban J connectivity index is 2.61. The summed E-state index contributed by atoms with van der Waals surface area (Å²) in [6.07, 6.45) is 1.99. The second-order valence-corrected chi connectivity index (χ2v) is 3.74. The van der Waals surface area contributed by atoms with Crippen LogP contribution < -0.4 is 9.47 Å². The quantitative estimate of drug-likeness (QED) is 0.611. The van der Waals surface area contributed by atoms with Gasteiger partial charge in [0.15, 0.2) is 0 Å². The van der Waals surface area contributed by atoms with E-state index in [1.165, 1.54) is 0 Å². The molecule has 0 amide bonds. The molecule has 0 aliphatic heterocycles. The van der Waals surface area contributed by atoms with E-state index in [-0.39, 0.29) is 0 Å². The molecule has 86 valence electrons. The maximum atomic E-state index is 8.82. The van der Waals surface area contributed by atoms with E-state index in [1.807, 2.05) is 0 Å². The Labute approximate surface area is 101 Å². The number of ether oxygens (including phenoxy) is 2. The summed E-state index contributed by atoms with van der Waals surface area (Å²) in [5.41, 5.74) is 0.545. The van der Waals surface area contributed by atoms with E-state index in [1.54, 1.807) is 25.3 Å². The summed E-state index contributed by atoms with van der Waals surface area (Å²) in [4.78, 5) is 0. The van der Waals surface area contributed by atoms with Crippen LogP contribution >= 0.6 is 12.6 Å². The molecule has 16 heavy (non-hydrogen) atoms. The van der Waals surface area contributed by atoms with Gasteiger partial charge in [0.05, 0.1) is 25.3 Å². The fourth-order valence-corrected chi connectivity index (χ4v) is 1.46. The summed E-state index contributed by atoms with van der Waals surface area (Å²) < 4.78 is 10.6. The van der Waals surface area contributed by atoms with Crippen LogP contribution in [-0.2, 0) is 0 Å². The van der Waals surface area contributed by atoms with E-state index in [2.05, 4.69) is 18.7 Å². The molecular formula is C12H15NO2S. The van der Waals surface area contributed by atoms with Gasteiger partial charge in [-0.15, -0.1) is 0 Å². The minimum Gasteiger partial charge on any atom is -0.497 e. The average Bonchev–Trinajstić information content (AvgIpc) is 2.34. The maximum absolute atomic E-state index is 8.82. The van der Waals surface area contributed by atoms with E-state index in [4.69, 9.17) is 14.7 Å². The topological polar surface area (TPSA) is 42.2 Å². The van der Waals surface area contributed by atoms with Gasteiger partial charge in [0, 0.05) is 6.07 Å². The number of methoxy groups -OCH3 is 1. The van der Waals surface area contributed by atoms with Crippen LogP contribution in [0.2, 0.25) is 0 Å². The van der Waals surface area contributed by atoms with Crippen LogP contribution in [0.15, 0.2) is 18.2 Å². The zero-order valence-corrected chi connectivity index (χ0v) is 10.2. The predicted octanol–water partition coefficient (Wildman–Crippen LogP) is 2.66. The third-order valence-electron chi connectivity index (χ3n) is 2.07. The van der Waals surface area contributed by atoms with Crippen molar-refractivity contribution in [2.45, 2.75) is 12.8 Å². The van der Waals surface area contributed by atoms with Gasteiger partial charge in [0.25, 0.3) is 0 Å². The molecular weight excluding hydrogens is 222 g/mol. The molecule has 0 heterocycles. The molecule has 0 saturated heterocycles. The summed E-state index contributed by atoms with van der Waals surface area (Å²) in [6, 6.07) is 7.24. The number of hydrogen-bond donors (Lipinski definition) is 1. The van der Waals surface area contributed by atoms with Gasteiger partial charge in [0.2, 0.25) is 0 Å². The zero-order valence-electron chi connectivity index (χ0n) is 9.27.